The molecule has 0 aromatic heterocycles. The molecule has 3 aromatic carbocycles. The highest BCUT2D eigenvalue weighted by Gasteiger charge is 2.22. The Hall–Kier alpha value is -2.41. The summed E-state index contributed by atoms with van der Waals surface area (Å²) in [5, 5.41) is 5.30. The minimum absolute atomic E-state index is 0.0825. The molecule has 6 heteroatoms. The van der Waals surface area contributed by atoms with E-state index in [1.807, 2.05) is 24.3 Å². The summed E-state index contributed by atoms with van der Waals surface area (Å²) in [4.78, 5) is 13.4. The fourth-order valence-corrected chi connectivity index (χ4v) is 4.93. The van der Waals surface area contributed by atoms with Gasteiger partial charge in [-0.2, -0.15) is 0 Å². The summed E-state index contributed by atoms with van der Waals surface area (Å²) in [5.41, 5.74) is 4.52. The molecule has 3 aromatic rings. The van der Waals surface area contributed by atoms with Crippen molar-refractivity contribution in [2.45, 2.75) is 47.8 Å². The average molecular weight is 452 g/mol. The second-order valence-electron chi connectivity index (χ2n) is 7.94. The van der Waals surface area contributed by atoms with Gasteiger partial charge in [0.25, 0.3) is 0 Å². The number of hydrogen-bond donors (Lipinski definition) is 1. The SMILES string of the molecule is NS(=O)(=O)c1ccc(-c2cccc(SC(=O)CCCc3ccc(C4CC4)cc3)c2)cc1. The third-order valence-electron chi connectivity index (χ3n) is 5.46. The number of nitrogens with two attached hydrogens (primary N) is 1. The van der Waals surface area contributed by atoms with E-state index in [0.717, 1.165) is 34.8 Å². The van der Waals surface area contributed by atoms with Crippen LogP contribution in [0.15, 0.2) is 82.6 Å². The van der Waals surface area contributed by atoms with Gasteiger partial charge in [-0.3, -0.25) is 4.79 Å². The first-order chi connectivity index (χ1) is 14.9. The summed E-state index contributed by atoms with van der Waals surface area (Å²) in [6.07, 6.45) is 4.90. The lowest BCUT2D eigenvalue weighted by atomic mass is 10.0. The fraction of sp³-hybridized carbons (Fsp3) is 0.240. The van der Waals surface area contributed by atoms with Crippen LogP contribution in [0.2, 0.25) is 0 Å². The van der Waals surface area contributed by atoms with E-state index < -0.39 is 10.0 Å². The Morgan fingerprint density at radius 1 is 0.935 bits per heavy atom. The smallest absolute Gasteiger partial charge is 0.238 e. The zero-order valence-electron chi connectivity index (χ0n) is 17.2. The van der Waals surface area contributed by atoms with Crippen LogP contribution in [0.1, 0.15) is 42.7 Å². The van der Waals surface area contributed by atoms with Crippen LogP contribution in [0.25, 0.3) is 11.1 Å². The lowest BCUT2D eigenvalue weighted by molar-refractivity contribution is -0.111. The summed E-state index contributed by atoms with van der Waals surface area (Å²) in [7, 11) is -3.71. The van der Waals surface area contributed by atoms with Gasteiger partial charge in [0.1, 0.15) is 0 Å². The molecule has 0 atom stereocenters. The van der Waals surface area contributed by atoms with Gasteiger partial charge in [0.05, 0.1) is 4.90 Å². The number of hydrogen-bond acceptors (Lipinski definition) is 4. The minimum Gasteiger partial charge on any atom is -0.287 e. The van der Waals surface area contributed by atoms with Gasteiger partial charge in [0.2, 0.25) is 10.0 Å². The van der Waals surface area contributed by atoms with Crippen LogP contribution in [0.5, 0.6) is 0 Å². The van der Waals surface area contributed by atoms with Crippen LogP contribution in [0, 0.1) is 0 Å². The maximum atomic E-state index is 12.4. The van der Waals surface area contributed by atoms with E-state index in [-0.39, 0.29) is 10.0 Å². The van der Waals surface area contributed by atoms with Crippen molar-refractivity contribution in [3.8, 4) is 11.1 Å². The molecule has 160 valence electrons. The number of aryl methyl sites for hydroxylation is 1. The van der Waals surface area contributed by atoms with E-state index in [9.17, 15) is 13.2 Å². The van der Waals surface area contributed by atoms with Crippen molar-refractivity contribution in [1.82, 2.24) is 0 Å². The highest BCUT2D eigenvalue weighted by Crippen LogP contribution is 2.40. The second kappa shape index (κ2) is 9.39. The molecule has 31 heavy (non-hydrogen) atoms. The highest BCUT2D eigenvalue weighted by atomic mass is 32.2. The Balaban J connectivity index is 1.31. The lowest BCUT2D eigenvalue weighted by Crippen LogP contribution is -2.11. The van der Waals surface area contributed by atoms with Crippen molar-refractivity contribution in [3.05, 3.63) is 83.9 Å². The topological polar surface area (TPSA) is 77.2 Å². The first kappa shape index (κ1) is 21.8. The van der Waals surface area contributed by atoms with Gasteiger partial charge in [-0.05, 0) is 78.1 Å². The first-order valence-corrected chi connectivity index (χ1v) is 12.8. The molecule has 0 aliphatic heterocycles. The Morgan fingerprint density at radius 2 is 1.65 bits per heavy atom. The summed E-state index contributed by atoms with van der Waals surface area (Å²) >= 11 is 1.25. The third-order valence-corrected chi connectivity index (χ3v) is 7.31. The number of rotatable bonds is 8. The van der Waals surface area contributed by atoms with E-state index in [0.29, 0.717) is 6.42 Å². The van der Waals surface area contributed by atoms with Crippen LogP contribution >= 0.6 is 11.8 Å². The Labute approximate surface area is 187 Å². The molecule has 0 saturated heterocycles. The molecule has 1 aliphatic rings. The number of primary sulfonamides is 1. The van der Waals surface area contributed by atoms with E-state index in [2.05, 4.69) is 24.3 Å². The van der Waals surface area contributed by atoms with Crippen molar-refractivity contribution in [2.24, 2.45) is 5.14 Å². The van der Waals surface area contributed by atoms with Crippen molar-refractivity contribution in [3.63, 3.8) is 0 Å². The van der Waals surface area contributed by atoms with E-state index in [1.165, 1.54) is 47.9 Å². The van der Waals surface area contributed by atoms with Gasteiger partial charge in [0, 0.05) is 11.3 Å². The molecule has 4 nitrogen and oxygen atoms in total. The van der Waals surface area contributed by atoms with Crippen molar-refractivity contribution < 1.29 is 13.2 Å². The Bertz CT molecular complexity index is 1170. The zero-order valence-corrected chi connectivity index (χ0v) is 18.8. The van der Waals surface area contributed by atoms with Gasteiger partial charge in [-0.15, -0.1) is 0 Å². The van der Waals surface area contributed by atoms with Crippen LogP contribution in [-0.2, 0) is 21.2 Å². The Morgan fingerprint density at radius 3 is 2.29 bits per heavy atom. The molecule has 0 heterocycles. The molecule has 0 bridgehead atoms. The molecular weight excluding hydrogens is 426 g/mol. The maximum Gasteiger partial charge on any atom is 0.238 e. The largest absolute Gasteiger partial charge is 0.287 e. The van der Waals surface area contributed by atoms with Gasteiger partial charge in [-0.1, -0.05) is 60.3 Å². The molecule has 4 rings (SSSR count). The van der Waals surface area contributed by atoms with Crippen LogP contribution in [0.3, 0.4) is 0 Å². The predicted octanol–water partition coefficient (Wildman–Crippen LogP) is 5.52. The van der Waals surface area contributed by atoms with E-state index >= 15 is 0 Å². The molecule has 1 saturated carbocycles. The monoisotopic (exact) mass is 451 g/mol. The molecular formula is C25H25NO3S2. The number of sulfonamides is 1. The molecule has 1 fully saturated rings. The normalized spacial score (nSPS) is 13.8. The van der Waals surface area contributed by atoms with E-state index in [4.69, 9.17) is 5.14 Å². The zero-order chi connectivity index (χ0) is 21.8. The first-order valence-electron chi connectivity index (χ1n) is 10.4. The maximum absolute atomic E-state index is 12.4. The number of benzene rings is 3. The van der Waals surface area contributed by atoms with E-state index in [1.54, 1.807) is 12.1 Å². The van der Waals surface area contributed by atoms with Gasteiger partial charge in [-0.25, -0.2) is 13.6 Å². The minimum atomic E-state index is -3.71. The van der Waals surface area contributed by atoms with Gasteiger partial charge in [0.15, 0.2) is 5.12 Å². The number of thioether (sulfide) groups is 1. The number of carbonyl (C=O) groups is 1. The predicted molar refractivity (Wildman–Crippen MR) is 125 cm³/mol. The fourth-order valence-electron chi connectivity index (χ4n) is 3.57. The van der Waals surface area contributed by atoms with Gasteiger partial charge < -0.3 is 0 Å². The lowest BCUT2D eigenvalue weighted by Gasteiger charge is -2.07. The van der Waals surface area contributed by atoms with Crippen LogP contribution in [-0.4, -0.2) is 13.5 Å². The summed E-state index contributed by atoms with van der Waals surface area (Å²) < 4.78 is 22.8. The summed E-state index contributed by atoms with van der Waals surface area (Å²) in [6, 6.07) is 23.0. The molecule has 0 amide bonds. The van der Waals surface area contributed by atoms with Crippen molar-refractivity contribution in [2.75, 3.05) is 0 Å². The molecule has 0 radical (unpaired) electrons. The third kappa shape index (κ3) is 6.06. The van der Waals surface area contributed by atoms with Crippen LogP contribution in [0.4, 0.5) is 0 Å². The van der Waals surface area contributed by atoms with Crippen LogP contribution < -0.4 is 5.14 Å². The highest BCUT2D eigenvalue weighted by molar-refractivity contribution is 8.13. The Kier molecular flexibility index (Phi) is 6.60. The summed E-state index contributed by atoms with van der Waals surface area (Å²) in [6.45, 7) is 0. The molecule has 2 N–H and O–H groups in total. The summed E-state index contributed by atoms with van der Waals surface area (Å²) in [5.74, 6) is 0.773. The standard InChI is InChI=1S/C25H25NO3S2/c26-31(28,29)24-15-13-21(14-16-24)22-4-2-5-23(17-22)30-25(27)6-1-3-18-7-9-19(10-8-18)20-11-12-20/h2,4-5,7-10,13-17,20H,1,3,6,11-12H2,(H2,26,28,29). The van der Waals surface area contributed by atoms with Gasteiger partial charge >= 0.3 is 0 Å². The molecule has 0 spiro atoms. The van der Waals surface area contributed by atoms with Crippen molar-refractivity contribution in [1.29, 1.82) is 0 Å². The quantitative estimate of drug-likeness (QED) is 0.458. The second-order valence-corrected chi connectivity index (χ2v) is 10.6. The molecule has 0 unspecified atom stereocenters. The van der Waals surface area contributed by atoms with Crippen molar-refractivity contribution >= 4 is 26.9 Å². The average Bonchev–Trinajstić information content (AvgIpc) is 3.59. The molecule has 1 aliphatic carbocycles. The number of carbonyl (C=O) groups excluding carboxylic acids is 1.